The van der Waals surface area contributed by atoms with Gasteiger partial charge in [-0.15, -0.1) is 11.6 Å². The maximum Gasteiger partial charge on any atom is 0.251 e. The van der Waals surface area contributed by atoms with Crippen LogP contribution in [0.25, 0.3) is 0 Å². The maximum absolute atomic E-state index is 12.1. The fourth-order valence-electron chi connectivity index (χ4n) is 1.61. The Bertz CT molecular complexity index is 401. The van der Waals surface area contributed by atoms with E-state index in [2.05, 4.69) is 19.2 Å². The molecule has 94 valence electrons. The quantitative estimate of drug-likeness (QED) is 0.820. The topological polar surface area (TPSA) is 29.1 Å². The summed E-state index contributed by atoms with van der Waals surface area (Å²) in [4.78, 5) is 12.1. The van der Waals surface area contributed by atoms with Crippen molar-refractivity contribution in [2.24, 2.45) is 5.92 Å². The summed E-state index contributed by atoms with van der Waals surface area (Å²) in [5.74, 6) is 0.737. The molecule has 3 heteroatoms. The molecule has 0 saturated carbocycles. The van der Waals surface area contributed by atoms with Crippen LogP contribution in [-0.4, -0.2) is 17.8 Å². The minimum absolute atomic E-state index is 0.0177. The lowest BCUT2D eigenvalue weighted by Gasteiger charge is -2.20. The predicted octanol–water partition coefficient (Wildman–Crippen LogP) is 3.30. The first-order valence-corrected chi connectivity index (χ1v) is 6.43. The number of halogens is 1. The second kappa shape index (κ2) is 6.06. The van der Waals surface area contributed by atoms with Crippen molar-refractivity contribution in [2.75, 3.05) is 5.88 Å². The van der Waals surface area contributed by atoms with Crippen molar-refractivity contribution >= 4 is 17.5 Å². The zero-order valence-corrected chi connectivity index (χ0v) is 11.6. The lowest BCUT2D eigenvalue weighted by molar-refractivity contribution is 0.0930. The summed E-state index contributed by atoms with van der Waals surface area (Å²) in [6.07, 6.45) is 0. The number of hydrogen-bond acceptors (Lipinski definition) is 1. The Morgan fingerprint density at radius 1 is 1.35 bits per heavy atom. The van der Waals surface area contributed by atoms with E-state index in [1.54, 1.807) is 0 Å². The Hall–Kier alpha value is -1.02. The van der Waals surface area contributed by atoms with Gasteiger partial charge in [0.25, 0.3) is 5.91 Å². The molecular weight excluding hydrogens is 234 g/mol. The number of nitrogens with one attached hydrogen (secondary N) is 1. The van der Waals surface area contributed by atoms with Gasteiger partial charge in [0.05, 0.1) is 0 Å². The molecule has 0 aliphatic heterocycles. The first kappa shape index (κ1) is 14.0. The van der Waals surface area contributed by atoms with Crippen molar-refractivity contribution in [3.05, 3.63) is 34.9 Å². The highest BCUT2D eigenvalue weighted by Crippen LogP contribution is 2.12. The lowest BCUT2D eigenvalue weighted by Crippen LogP contribution is -2.40. The van der Waals surface area contributed by atoms with E-state index >= 15 is 0 Å². The van der Waals surface area contributed by atoms with Gasteiger partial charge in [-0.05, 0) is 31.4 Å². The van der Waals surface area contributed by atoms with Crippen molar-refractivity contribution in [3.63, 3.8) is 0 Å². The summed E-state index contributed by atoms with van der Waals surface area (Å²) in [6.45, 7) is 8.03. The fourth-order valence-corrected chi connectivity index (χ4v) is 2.04. The van der Waals surface area contributed by atoms with E-state index in [0.29, 0.717) is 11.8 Å². The number of benzene rings is 1. The van der Waals surface area contributed by atoms with Gasteiger partial charge in [-0.1, -0.05) is 31.5 Å². The van der Waals surface area contributed by atoms with Crippen molar-refractivity contribution in [1.82, 2.24) is 5.32 Å². The average Bonchev–Trinajstić information content (AvgIpc) is 2.28. The first-order valence-electron chi connectivity index (χ1n) is 5.89. The van der Waals surface area contributed by atoms with Gasteiger partial charge in [-0.25, -0.2) is 0 Å². The maximum atomic E-state index is 12.1. The van der Waals surface area contributed by atoms with Gasteiger partial charge in [0, 0.05) is 17.5 Å². The van der Waals surface area contributed by atoms with Crippen LogP contribution in [0.4, 0.5) is 0 Å². The third kappa shape index (κ3) is 3.74. The highest BCUT2D eigenvalue weighted by molar-refractivity contribution is 6.18. The number of hydrogen-bond donors (Lipinski definition) is 1. The number of amides is 1. The molecular formula is C14H20ClNO. The van der Waals surface area contributed by atoms with Crippen molar-refractivity contribution in [2.45, 2.75) is 33.7 Å². The molecule has 1 unspecified atom stereocenters. The molecule has 0 bridgehead atoms. The molecule has 1 amide bonds. The molecule has 1 rings (SSSR count). The van der Waals surface area contributed by atoms with Crippen molar-refractivity contribution in [3.8, 4) is 0 Å². The average molecular weight is 254 g/mol. The number of carbonyl (C=O) groups excluding carboxylic acids is 1. The van der Waals surface area contributed by atoms with Crippen LogP contribution in [0.2, 0.25) is 0 Å². The molecule has 1 atom stereocenters. The summed E-state index contributed by atoms with van der Waals surface area (Å²) in [5, 5.41) is 2.98. The van der Waals surface area contributed by atoms with Crippen LogP contribution in [0, 0.1) is 19.8 Å². The molecule has 0 aliphatic carbocycles. The minimum Gasteiger partial charge on any atom is -0.348 e. The molecule has 0 aliphatic rings. The van der Waals surface area contributed by atoms with E-state index < -0.39 is 0 Å². The van der Waals surface area contributed by atoms with E-state index in [-0.39, 0.29) is 11.9 Å². The van der Waals surface area contributed by atoms with Gasteiger partial charge >= 0.3 is 0 Å². The molecule has 0 saturated heterocycles. The number of alkyl halides is 1. The Labute approximate surface area is 108 Å². The Balaban J connectivity index is 2.86. The van der Waals surface area contributed by atoms with E-state index in [0.717, 1.165) is 16.7 Å². The molecule has 1 aromatic rings. The SMILES string of the molecule is Cc1ccc(C)c(C(=O)NC(CCl)C(C)C)c1. The zero-order chi connectivity index (χ0) is 13.0. The normalized spacial score (nSPS) is 12.6. The number of carbonyl (C=O) groups is 1. The number of rotatable bonds is 4. The van der Waals surface area contributed by atoms with Crippen LogP contribution >= 0.6 is 11.6 Å². The van der Waals surface area contributed by atoms with Crippen LogP contribution in [0.3, 0.4) is 0 Å². The molecule has 0 radical (unpaired) electrons. The van der Waals surface area contributed by atoms with Gasteiger partial charge in [0.15, 0.2) is 0 Å². The van der Waals surface area contributed by atoms with E-state index in [1.807, 2.05) is 32.0 Å². The summed E-state index contributed by atoms with van der Waals surface area (Å²) in [6, 6.07) is 5.91. The Morgan fingerprint density at radius 3 is 2.53 bits per heavy atom. The predicted molar refractivity (Wildman–Crippen MR) is 72.7 cm³/mol. The van der Waals surface area contributed by atoms with Crippen LogP contribution < -0.4 is 5.32 Å². The number of aryl methyl sites for hydroxylation is 2. The molecule has 0 spiro atoms. The molecule has 1 aromatic carbocycles. The van der Waals surface area contributed by atoms with Crippen molar-refractivity contribution in [1.29, 1.82) is 0 Å². The molecule has 0 fully saturated rings. The largest absolute Gasteiger partial charge is 0.348 e. The smallest absolute Gasteiger partial charge is 0.251 e. The first-order chi connectivity index (χ1) is 7.95. The Kier molecular flexibility index (Phi) is 5.01. The van der Waals surface area contributed by atoms with Crippen molar-refractivity contribution < 1.29 is 4.79 Å². The summed E-state index contributed by atoms with van der Waals surface area (Å²) in [7, 11) is 0. The third-order valence-corrected chi connectivity index (χ3v) is 3.26. The standard InChI is InChI=1S/C14H20ClNO/c1-9(2)13(8-15)16-14(17)12-7-10(3)5-6-11(12)4/h5-7,9,13H,8H2,1-4H3,(H,16,17). The monoisotopic (exact) mass is 253 g/mol. The molecule has 17 heavy (non-hydrogen) atoms. The lowest BCUT2D eigenvalue weighted by atomic mass is 10.0. The summed E-state index contributed by atoms with van der Waals surface area (Å²) < 4.78 is 0. The van der Waals surface area contributed by atoms with Gasteiger partial charge in [-0.3, -0.25) is 4.79 Å². The summed E-state index contributed by atoms with van der Waals surface area (Å²) >= 11 is 5.85. The van der Waals surface area contributed by atoms with Crippen LogP contribution in [-0.2, 0) is 0 Å². The van der Waals surface area contributed by atoms with Crippen LogP contribution in [0.15, 0.2) is 18.2 Å². The van der Waals surface area contributed by atoms with Gasteiger partial charge in [0.1, 0.15) is 0 Å². The van der Waals surface area contributed by atoms with Gasteiger partial charge in [0.2, 0.25) is 0 Å². The van der Waals surface area contributed by atoms with Gasteiger partial charge in [-0.2, -0.15) is 0 Å². The minimum atomic E-state index is -0.0365. The second-order valence-electron chi connectivity index (χ2n) is 4.80. The van der Waals surface area contributed by atoms with Gasteiger partial charge < -0.3 is 5.32 Å². The van der Waals surface area contributed by atoms with Crippen LogP contribution in [0.5, 0.6) is 0 Å². The van der Waals surface area contributed by atoms with E-state index in [1.165, 1.54) is 0 Å². The zero-order valence-electron chi connectivity index (χ0n) is 10.9. The van der Waals surface area contributed by atoms with E-state index in [4.69, 9.17) is 11.6 Å². The highest BCUT2D eigenvalue weighted by Gasteiger charge is 2.17. The molecule has 1 N–H and O–H groups in total. The second-order valence-corrected chi connectivity index (χ2v) is 5.11. The summed E-state index contributed by atoms with van der Waals surface area (Å²) in [5.41, 5.74) is 2.82. The Morgan fingerprint density at radius 2 is 2.00 bits per heavy atom. The highest BCUT2D eigenvalue weighted by atomic mass is 35.5. The molecule has 2 nitrogen and oxygen atoms in total. The van der Waals surface area contributed by atoms with Crippen LogP contribution in [0.1, 0.15) is 35.3 Å². The fraction of sp³-hybridized carbons (Fsp3) is 0.500. The molecule has 0 aromatic heterocycles. The molecule has 0 heterocycles. The third-order valence-electron chi connectivity index (χ3n) is 2.93. The van der Waals surface area contributed by atoms with E-state index in [9.17, 15) is 4.79 Å².